The van der Waals surface area contributed by atoms with Crippen molar-refractivity contribution in [1.82, 2.24) is 4.90 Å². The first-order chi connectivity index (χ1) is 8.59. The van der Waals surface area contributed by atoms with E-state index in [0.717, 1.165) is 17.5 Å². The van der Waals surface area contributed by atoms with E-state index in [-0.39, 0.29) is 6.42 Å². The van der Waals surface area contributed by atoms with E-state index in [2.05, 4.69) is 0 Å². The number of aliphatic carboxylic acids is 1. The summed E-state index contributed by atoms with van der Waals surface area (Å²) < 4.78 is 0. The minimum Gasteiger partial charge on any atom is -0.480 e. The Morgan fingerprint density at radius 3 is 2.78 bits per heavy atom. The number of hydrogen-bond donors (Lipinski definition) is 2. The summed E-state index contributed by atoms with van der Waals surface area (Å²) in [5, 5.41) is 9.36. The van der Waals surface area contributed by atoms with Crippen molar-refractivity contribution in [2.75, 3.05) is 13.1 Å². The molecule has 1 amide bonds. The van der Waals surface area contributed by atoms with Gasteiger partial charge in [0.05, 0.1) is 0 Å². The van der Waals surface area contributed by atoms with Crippen LogP contribution >= 0.6 is 0 Å². The first kappa shape index (κ1) is 12.6. The molecule has 1 atom stereocenters. The lowest BCUT2D eigenvalue weighted by atomic mass is 9.92. The van der Waals surface area contributed by atoms with Crippen molar-refractivity contribution >= 4 is 11.9 Å². The third-order valence-electron chi connectivity index (χ3n) is 3.26. The summed E-state index contributed by atoms with van der Waals surface area (Å²) >= 11 is 0. The Morgan fingerprint density at radius 2 is 2.11 bits per heavy atom. The summed E-state index contributed by atoms with van der Waals surface area (Å²) in [6, 6.07) is 6.87. The summed E-state index contributed by atoms with van der Waals surface area (Å²) in [5.74, 6) is -1.29. The highest BCUT2D eigenvalue weighted by molar-refractivity contribution is 5.77. The lowest BCUT2D eigenvalue weighted by Crippen LogP contribution is -2.41. The molecule has 0 saturated carbocycles. The smallest absolute Gasteiger partial charge is 0.325 e. The van der Waals surface area contributed by atoms with Crippen LogP contribution in [0.1, 0.15) is 23.6 Å². The van der Waals surface area contributed by atoms with Crippen molar-refractivity contribution in [2.24, 2.45) is 5.73 Å². The Balaban J connectivity index is 2.24. The summed E-state index contributed by atoms with van der Waals surface area (Å²) in [4.78, 5) is 24.0. The molecule has 5 heteroatoms. The van der Waals surface area contributed by atoms with Gasteiger partial charge >= 0.3 is 5.97 Å². The number of nitrogens with two attached hydrogens (primary N) is 1. The molecule has 1 heterocycles. The molecule has 0 bridgehead atoms. The molecule has 1 aromatic carbocycles. The molecule has 0 spiro atoms. The van der Waals surface area contributed by atoms with E-state index in [1.165, 1.54) is 0 Å². The monoisotopic (exact) mass is 248 g/mol. The number of carboxylic acid groups (broad SMARTS) is 1. The number of amides is 1. The van der Waals surface area contributed by atoms with Gasteiger partial charge < -0.3 is 10.8 Å². The van der Waals surface area contributed by atoms with Gasteiger partial charge in [-0.15, -0.1) is 0 Å². The van der Waals surface area contributed by atoms with Gasteiger partial charge in [-0.1, -0.05) is 24.3 Å². The van der Waals surface area contributed by atoms with Crippen LogP contribution in [0.25, 0.3) is 0 Å². The van der Waals surface area contributed by atoms with Crippen LogP contribution in [0.2, 0.25) is 0 Å². The number of carbonyl (C=O) groups excluding carboxylic acids is 1. The lowest BCUT2D eigenvalue weighted by Gasteiger charge is -2.34. The van der Waals surface area contributed by atoms with Gasteiger partial charge in [0.2, 0.25) is 5.91 Å². The molecule has 2 rings (SSSR count). The zero-order valence-corrected chi connectivity index (χ0v) is 10.0. The van der Waals surface area contributed by atoms with Gasteiger partial charge in [0, 0.05) is 19.5 Å². The van der Waals surface area contributed by atoms with Crippen molar-refractivity contribution < 1.29 is 14.7 Å². The van der Waals surface area contributed by atoms with Crippen LogP contribution in [-0.2, 0) is 16.0 Å². The van der Waals surface area contributed by atoms with E-state index < -0.39 is 17.9 Å². The maximum absolute atomic E-state index is 11.4. The molecule has 1 aliphatic rings. The highest BCUT2D eigenvalue weighted by Gasteiger charge is 2.32. The molecule has 0 aliphatic carbocycles. The van der Waals surface area contributed by atoms with Crippen LogP contribution < -0.4 is 5.73 Å². The van der Waals surface area contributed by atoms with Gasteiger partial charge in [-0.3, -0.25) is 14.5 Å². The molecule has 1 unspecified atom stereocenters. The maximum atomic E-state index is 11.4. The quantitative estimate of drug-likeness (QED) is 0.814. The van der Waals surface area contributed by atoms with Gasteiger partial charge in [-0.2, -0.15) is 0 Å². The van der Waals surface area contributed by atoms with Gasteiger partial charge in [-0.25, -0.2) is 0 Å². The molecule has 0 radical (unpaired) electrons. The van der Waals surface area contributed by atoms with Crippen LogP contribution in [0.3, 0.4) is 0 Å². The average Bonchev–Trinajstić information content (AvgIpc) is 2.35. The molecule has 1 aromatic rings. The molecule has 0 fully saturated rings. The highest BCUT2D eigenvalue weighted by Crippen LogP contribution is 2.29. The van der Waals surface area contributed by atoms with Gasteiger partial charge in [0.1, 0.15) is 6.04 Å². The number of nitrogens with zero attached hydrogens (tertiary/aromatic N) is 1. The molecular weight excluding hydrogens is 232 g/mol. The second-order valence-corrected chi connectivity index (χ2v) is 4.44. The average molecular weight is 248 g/mol. The van der Waals surface area contributed by atoms with E-state index in [1.54, 1.807) is 4.90 Å². The fourth-order valence-corrected chi connectivity index (χ4v) is 2.40. The van der Waals surface area contributed by atoms with E-state index in [0.29, 0.717) is 13.1 Å². The SMILES string of the molecule is NC(=O)CCN1CCc2ccccc2C1C(=O)O. The topological polar surface area (TPSA) is 83.6 Å². The Hall–Kier alpha value is -1.88. The number of carboxylic acids is 1. The normalized spacial score (nSPS) is 19.2. The fraction of sp³-hybridized carbons (Fsp3) is 0.385. The minimum absolute atomic E-state index is 0.186. The van der Waals surface area contributed by atoms with Crippen LogP contribution in [0.4, 0.5) is 0 Å². The summed E-state index contributed by atoms with van der Waals surface area (Å²) in [6.45, 7) is 1.03. The molecule has 0 saturated heterocycles. The van der Waals surface area contributed by atoms with E-state index in [1.807, 2.05) is 24.3 Å². The number of fused-ring (bicyclic) bond motifs is 1. The number of hydrogen-bond acceptors (Lipinski definition) is 3. The fourth-order valence-electron chi connectivity index (χ4n) is 2.40. The number of primary amides is 1. The number of rotatable bonds is 4. The molecule has 96 valence electrons. The molecule has 5 nitrogen and oxygen atoms in total. The lowest BCUT2D eigenvalue weighted by molar-refractivity contribution is -0.144. The zero-order valence-electron chi connectivity index (χ0n) is 10.0. The van der Waals surface area contributed by atoms with Crippen molar-refractivity contribution in [3.05, 3.63) is 35.4 Å². The standard InChI is InChI=1S/C13H16N2O3/c14-11(16)6-8-15-7-5-9-3-1-2-4-10(9)12(15)13(17)18/h1-4,12H,5-8H2,(H2,14,16)(H,17,18). The zero-order chi connectivity index (χ0) is 13.1. The summed E-state index contributed by atoms with van der Waals surface area (Å²) in [6.07, 6.45) is 0.991. The van der Waals surface area contributed by atoms with Crippen molar-refractivity contribution in [3.63, 3.8) is 0 Å². The van der Waals surface area contributed by atoms with Gasteiger partial charge in [0.15, 0.2) is 0 Å². The van der Waals surface area contributed by atoms with Crippen LogP contribution in [-0.4, -0.2) is 35.0 Å². The van der Waals surface area contributed by atoms with Crippen molar-refractivity contribution in [3.8, 4) is 0 Å². The third-order valence-corrected chi connectivity index (χ3v) is 3.26. The van der Waals surface area contributed by atoms with Gasteiger partial charge in [-0.05, 0) is 17.5 Å². The number of carbonyl (C=O) groups is 2. The number of benzene rings is 1. The van der Waals surface area contributed by atoms with E-state index in [4.69, 9.17) is 5.73 Å². The second kappa shape index (κ2) is 5.18. The Bertz CT molecular complexity index is 473. The molecular formula is C13H16N2O3. The highest BCUT2D eigenvalue weighted by atomic mass is 16.4. The third kappa shape index (κ3) is 2.51. The van der Waals surface area contributed by atoms with Crippen LogP contribution in [0, 0.1) is 0 Å². The summed E-state index contributed by atoms with van der Waals surface area (Å²) in [5.41, 5.74) is 7.00. The second-order valence-electron chi connectivity index (χ2n) is 4.44. The molecule has 3 N–H and O–H groups in total. The summed E-state index contributed by atoms with van der Waals surface area (Å²) in [7, 11) is 0. The maximum Gasteiger partial charge on any atom is 0.325 e. The van der Waals surface area contributed by atoms with E-state index >= 15 is 0 Å². The van der Waals surface area contributed by atoms with Crippen molar-refractivity contribution in [2.45, 2.75) is 18.9 Å². The minimum atomic E-state index is -0.883. The van der Waals surface area contributed by atoms with E-state index in [9.17, 15) is 14.7 Å². The Kier molecular flexibility index (Phi) is 3.62. The predicted molar refractivity (Wildman–Crippen MR) is 65.9 cm³/mol. The van der Waals surface area contributed by atoms with Crippen LogP contribution in [0.15, 0.2) is 24.3 Å². The first-order valence-corrected chi connectivity index (χ1v) is 5.92. The van der Waals surface area contributed by atoms with Crippen LogP contribution in [0.5, 0.6) is 0 Å². The predicted octanol–water partition coefficient (Wildman–Crippen LogP) is 0.546. The molecule has 18 heavy (non-hydrogen) atoms. The first-order valence-electron chi connectivity index (χ1n) is 5.92. The largest absolute Gasteiger partial charge is 0.480 e. The Labute approximate surface area is 105 Å². The van der Waals surface area contributed by atoms with Crippen molar-refractivity contribution in [1.29, 1.82) is 0 Å². The Morgan fingerprint density at radius 1 is 1.39 bits per heavy atom. The molecule has 1 aliphatic heterocycles. The van der Waals surface area contributed by atoms with Gasteiger partial charge in [0.25, 0.3) is 0 Å². The molecule has 0 aromatic heterocycles.